The lowest BCUT2D eigenvalue weighted by molar-refractivity contribution is -0.134. The summed E-state index contributed by atoms with van der Waals surface area (Å²) in [7, 11) is -3.43. The first-order valence-electron chi connectivity index (χ1n) is 8.47. The molecule has 0 saturated carbocycles. The van der Waals surface area contributed by atoms with E-state index in [9.17, 15) is 13.2 Å². The van der Waals surface area contributed by atoms with E-state index in [2.05, 4.69) is 4.57 Å². The number of likely N-dealkylation sites (N-methyl/N-ethyl adjacent to an activating group) is 1. The van der Waals surface area contributed by atoms with Gasteiger partial charge in [-0.05, 0) is 23.8 Å². The number of hydrogen-bond donors (Lipinski definition) is 0. The number of sulfonamides is 1. The number of rotatable bonds is 5. The quantitative estimate of drug-likeness (QED) is 0.780. The van der Waals surface area contributed by atoms with Crippen LogP contribution in [0.5, 0.6) is 0 Å². The standard InChI is InChI=1S/C18H22ClN3O3S/c1-3-21(26(2,24)25)13-17(23)22-12-11-20-10-6-9-16(20)18(22)14-7-4-5-8-15(14)19/h4-10,18H,3,11-13H2,1-2H3. The first kappa shape index (κ1) is 18.9. The average Bonchev–Trinajstić information content (AvgIpc) is 3.07. The van der Waals surface area contributed by atoms with Crippen LogP contribution in [0.4, 0.5) is 0 Å². The Labute approximate surface area is 159 Å². The summed E-state index contributed by atoms with van der Waals surface area (Å²) in [6, 6.07) is 11.0. The summed E-state index contributed by atoms with van der Waals surface area (Å²) >= 11 is 6.41. The van der Waals surface area contributed by atoms with Gasteiger partial charge in [-0.25, -0.2) is 8.42 Å². The Bertz CT molecular complexity index is 910. The lowest BCUT2D eigenvalue weighted by atomic mass is 9.99. The van der Waals surface area contributed by atoms with Gasteiger partial charge in [-0.15, -0.1) is 0 Å². The minimum absolute atomic E-state index is 0.170. The fourth-order valence-electron chi connectivity index (χ4n) is 3.38. The van der Waals surface area contributed by atoms with E-state index >= 15 is 0 Å². The highest BCUT2D eigenvalue weighted by Crippen LogP contribution is 2.36. The maximum absolute atomic E-state index is 13.0. The van der Waals surface area contributed by atoms with Gasteiger partial charge in [-0.1, -0.05) is 36.7 Å². The molecule has 1 aliphatic rings. The second-order valence-corrected chi connectivity index (χ2v) is 8.72. The SMILES string of the molecule is CCN(CC(=O)N1CCn2cccc2C1c1ccccc1Cl)S(C)(=O)=O. The van der Waals surface area contributed by atoms with Crippen LogP contribution in [0.3, 0.4) is 0 Å². The van der Waals surface area contributed by atoms with Crippen LogP contribution in [-0.4, -0.2) is 54.0 Å². The molecule has 0 N–H and O–H groups in total. The van der Waals surface area contributed by atoms with Crippen LogP contribution < -0.4 is 0 Å². The summed E-state index contributed by atoms with van der Waals surface area (Å²) in [5, 5.41) is 0.584. The van der Waals surface area contributed by atoms with Crippen LogP contribution in [0.2, 0.25) is 5.02 Å². The second kappa shape index (κ2) is 7.42. The molecule has 1 aromatic heterocycles. The number of carbonyl (C=O) groups is 1. The van der Waals surface area contributed by atoms with E-state index in [-0.39, 0.29) is 25.0 Å². The van der Waals surface area contributed by atoms with E-state index in [0.29, 0.717) is 18.1 Å². The van der Waals surface area contributed by atoms with Gasteiger partial charge in [-0.3, -0.25) is 4.79 Å². The van der Waals surface area contributed by atoms with E-state index in [1.54, 1.807) is 17.9 Å². The van der Waals surface area contributed by atoms with E-state index in [0.717, 1.165) is 17.5 Å². The van der Waals surface area contributed by atoms with Crippen molar-refractivity contribution in [1.29, 1.82) is 0 Å². The third-order valence-corrected chi connectivity index (χ3v) is 6.36. The summed E-state index contributed by atoms with van der Waals surface area (Å²) in [4.78, 5) is 14.7. The summed E-state index contributed by atoms with van der Waals surface area (Å²) in [5.41, 5.74) is 1.81. The third-order valence-electron chi connectivity index (χ3n) is 4.69. The van der Waals surface area contributed by atoms with Crippen LogP contribution in [-0.2, 0) is 21.4 Å². The molecule has 6 nitrogen and oxygen atoms in total. The van der Waals surface area contributed by atoms with Gasteiger partial charge in [0.05, 0.1) is 18.8 Å². The zero-order valence-electron chi connectivity index (χ0n) is 14.8. The van der Waals surface area contributed by atoms with Crippen molar-refractivity contribution in [2.75, 3.05) is 25.9 Å². The van der Waals surface area contributed by atoms with Gasteiger partial charge in [0.1, 0.15) is 0 Å². The van der Waals surface area contributed by atoms with Gasteiger partial charge in [0.25, 0.3) is 0 Å². The van der Waals surface area contributed by atoms with Crippen molar-refractivity contribution in [3.63, 3.8) is 0 Å². The molecule has 1 aliphatic heterocycles. The molecule has 0 radical (unpaired) electrons. The zero-order valence-corrected chi connectivity index (χ0v) is 16.4. The van der Waals surface area contributed by atoms with Gasteiger partial charge in [0.2, 0.25) is 15.9 Å². The summed E-state index contributed by atoms with van der Waals surface area (Å²) in [5.74, 6) is -0.227. The molecule has 0 fully saturated rings. The molecule has 0 spiro atoms. The van der Waals surface area contributed by atoms with Crippen molar-refractivity contribution in [3.8, 4) is 0 Å². The van der Waals surface area contributed by atoms with Gasteiger partial charge >= 0.3 is 0 Å². The Morgan fingerprint density at radius 1 is 1.23 bits per heavy atom. The van der Waals surface area contributed by atoms with Crippen molar-refractivity contribution >= 4 is 27.5 Å². The smallest absolute Gasteiger partial charge is 0.238 e. The third kappa shape index (κ3) is 3.65. The minimum Gasteiger partial charge on any atom is -0.348 e. The first-order valence-corrected chi connectivity index (χ1v) is 10.7. The Hall–Kier alpha value is -1.83. The fourth-order valence-corrected chi connectivity index (χ4v) is 4.43. The van der Waals surface area contributed by atoms with Gasteiger partial charge in [-0.2, -0.15) is 4.31 Å². The molecular weight excluding hydrogens is 374 g/mol. The fraction of sp³-hybridized carbons (Fsp3) is 0.389. The molecule has 140 valence electrons. The number of aromatic nitrogens is 1. The van der Waals surface area contributed by atoms with Crippen LogP contribution in [0, 0.1) is 0 Å². The van der Waals surface area contributed by atoms with Crippen molar-refractivity contribution in [2.24, 2.45) is 0 Å². The molecule has 3 rings (SSSR count). The highest BCUT2D eigenvalue weighted by molar-refractivity contribution is 7.88. The Kier molecular flexibility index (Phi) is 5.41. The molecule has 2 aromatic rings. The lowest BCUT2D eigenvalue weighted by Gasteiger charge is -2.38. The van der Waals surface area contributed by atoms with E-state index in [1.807, 2.05) is 36.5 Å². The predicted molar refractivity (Wildman–Crippen MR) is 102 cm³/mol. The maximum Gasteiger partial charge on any atom is 0.238 e. The monoisotopic (exact) mass is 395 g/mol. The van der Waals surface area contributed by atoms with E-state index < -0.39 is 10.0 Å². The molecule has 2 heterocycles. The van der Waals surface area contributed by atoms with Crippen molar-refractivity contribution < 1.29 is 13.2 Å². The molecule has 0 saturated heterocycles. The maximum atomic E-state index is 13.0. The molecule has 8 heteroatoms. The Morgan fingerprint density at radius 3 is 2.62 bits per heavy atom. The van der Waals surface area contributed by atoms with Crippen LogP contribution >= 0.6 is 11.6 Å². The first-order chi connectivity index (χ1) is 12.3. The normalized spacial score (nSPS) is 17.4. The minimum atomic E-state index is -3.43. The number of amides is 1. The second-order valence-electron chi connectivity index (χ2n) is 6.33. The molecule has 1 unspecified atom stereocenters. The van der Waals surface area contributed by atoms with Crippen molar-refractivity contribution in [1.82, 2.24) is 13.8 Å². The van der Waals surface area contributed by atoms with Gasteiger partial charge in [0.15, 0.2) is 0 Å². The van der Waals surface area contributed by atoms with E-state index in [1.165, 1.54) is 4.31 Å². The molecule has 26 heavy (non-hydrogen) atoms. The number of hydrogen-bond acceptors (Lipinski definition) is 3. The number of benzene rings is 1. The highest BCUT2D eigenvalue weighted by Gasteiger charge is 2.34. The largest absolute Gasteiger partial charge is 0.348 e. The predicted octanol–water partition coefficient (Wildman–Crippen LogP) is 2.35. The van der Waals surface area contributed by atoms with Crippen LogP contribution in [0.1, 0.15) is 24.2 Å². The lowest BCUT2D eigenvalue weighted by Crippen LogP contribution is -2.47. The topological polar surface area (TPSA) is 62.6 Å². The number of nitrogens with zero attached hydrogens (tertiary/aromatic N) is 3. The molecule has 1 aromatic carbocycles. The molecule has 1 amide bonds. The average molecular weight is 396 g/mol. The van der Waals surface area contributed by atoms with Crippen molar-refractivity contribution in [2.45, 2.75) is 19.5 Å². The zero-order chi connectivity index (χ0) is 18.9. The van der Waals surface area contributed by atoms with Crippen molar-refractivity contribution in [3.05, 3.63) is 58.9 Å². The molecule has 0 aliphatic carbocycles. The summed E-state index contributed by atoms with van der Waals surface area (Å²) < 4.78 is 27.0. The highest BCUT2D eigenvalue weighted by atomic mass is 35.5. The van der Waals surface area contributed by atoms with Crippen LogP contribution in [0.15, 0.2) is 42.6 Å². The van der Waals surface area contributed by atoms with Crippen LogP contribution in [0.25, 0.3) is 0 Å². The number of halogens is 1. The summed E-state index contributed by atoms with van der Waals surface area (Å²) in [6.45, 7) is 2.97. The van der Waals surface area contributed by atoms with Gasteiger partial charge in [0, 0.05) is 36.5 Å². The Morgan fingerprint density at radius 2 is 1.96 bits per heavy atom. The van der Waals surface area contributed by atoms with E-state index in [4.69, 9.17) is 11.6 Å². The summed E-state index contributed by atoms with van der Waals surface area (Å²) in [6.07, 6.45) is 3.10. The molecule has 0 bridgehead atoms. The number of carbonyl (C=O) groups excluding carboxylic acids is 1. The molecular formula is C18H22ClN3O3S. The number of fused-ring (bicyclic) bond motifs is 1. The van der Waals surface area contributed by atoms with Gasteiger partial charge < -0.3 is 9.47 Å². The Balaban J connectivity index is 1.98. The molecule has 1 atom stereocenters.